The van der Waals surface area contributed by atoms with Crippen molar-refractivity contribution in [3.05, 3.63) is 24.0 Å². The maximum atomic E-state index is 5.97. The molecule has 1 heterocycles. The van der Waals surface area contributed by atoms with Crippen molar-refractivity contribution < 1.29 is 4.74 Å². The zero-order valence-corrected chi connectivity index (χ0v) is 11.5. The van der Waals surface area contributed by atoms with Gasteiger partial charge in [0.1, 0.15) is 5.75 Å². The molecule has 1 aromatic heterocycles. The summed E-state index contributed by atoms with van der Waals surface area (Å²) in [5.74, 6) is 0.911. The second kappa shape index (κ2) is 6.74. The van der Waals surface area contributed by atoms with E-state index in [0.29, 0.717) is 12.1 Å². The van der Waals surface area contributed by atoms with Crippen LogP contribution in [0, 0.1) is 0 Å². The number of ether oxygens (including phenoxy) is 1. The zero-order valence-electron chi connectivity index (χ0n) is 11.5. The van der Waals surface area contributed by atoms with Crippen LogP contribution in [0.5, 0.6) is 5.75 Å². The number of nitrogens with zero attached hydrogens (tertiary/aromatic N) is 1. The average Bonchev–Trinajstić information content (AvgIpc) is 2.41. The third-order valence-corrected chi connectivity index (χ3v) is 3.57. The highest BCUT2D eigenvalue weighted by Crippen LogP contribution is 2.23. The molecule has 3 heteroatoms. The van der Waals surface area contributed by atoms with Gasteiger partial charge in [-0.25, -0.2) is 0 Å². The third-order valence-electron chi connectivity index (χ3n) is 3.57. The molecule has 0 saturated heterocycles. The van der Waals surface area contributed by atoms with Crippen molar-refractivity contribution in [1.29, 1.82) is 0 Å². The highest BCUT2D eigenvalue weighted by atomic mass is 16.5. The minimum Gasteiger partial charge on any atom is -0.489 e. The molecule has 2 rings (SSSR count). The molecule has 1 aromatic rings. The predicted molar refractivity (Wildman–Crippen MR) is 73.8 cm³/mol. The molecule has 1 saturated carbocycles. The molecule has 1 atom stereocenters. The van der Waals surface area contributed by atoms with E-state index in [1.807, 2.05) is 12.3 Å². The van der Waals surface area contributed by atoms with E-state index in [4.69, 9.17) is 4.74 Å². The summed E-state index contributed by atoms with van der Waals surface area (Å²) in [7, 11) is 0. The molecule has 0 aromatic carbocycles. The molecule has 1 unspecified atom stereocenters. The van der Waals surface area contributed by atoms with Crippen molar-refractivity contribution in [2.75, 3.05) is 6.54 Å². The molecule has 18 heavy (non-hydrogen) atoms. The van der Waals surface area contributed by atoms with E-state index in [9.17, 15) is 0 Å². The van der Waals surface area contributed by atoms with Gasteiger partial charge in [0, 0.05) is 6.04 Å². The van der Waals surface area contributed by atoms with Gasteiger partial charge in [-0.05, 0) is 51.3 Å². The third kappa shape index (κ3) is 3.70. The maximum Gasteiger partial charge on any atom is 0.138 e. The van der Waals surface area contributed by atoms with Gasteiger partial charge < -0.3 is 10.1 Å². The fraction of sp³-hybridized carbons (Fsp3) is 0.667. The molecule has 3 nitrogen and oxygen atoms in total. The Balaban J connectivity index is 1.90. The molecule has 1 N–H and O–H groups in total. The van der Waals surface area contributed by atoms with Crippen molar-refractivity contribution in [2.45, 2.75) is 58.1 Å². The summed E-state index contributed by atoms with van der Waals surface area (Å²) < 4.78 is 5.97. The van der Waals surface area contributed by atoms with Crippen LogP contribution in [0.25, 0.3) is 0 Å². The first-order chi connectivity index (χ1) is 8.79. The quantitative estimate of drug-likeness (QED) is 0.866. The Morgan fingerprint density at radius 2 is 2.11 bits per heavy atom. The van der Waals surface area contributed by atoms with Crippen molar-refractivity contribution in [1.82, 2.24) is 10.3 Å². The normalized spacial score (nSPS) is 18.6. The minimum atomic E-state index is 0.304. The minimum absolute atomic E-state index is 0.304. The van der Waals surface area contributed by atoms with Crippen LogP contribution in [0.4, 0.5) is 0 Å². The van der Waals surface area contributed by atoms with Crippen molar-refractivity contribution in [3.8, 4) is 5.75 Å². The molecule has 0 amide bonds. The molecule has 0 bridgehead atoms. The van der Waals surface area contributed by atoms with E-state index < -0.39 is 0 Å². The molecule has 100 valence electrons. The van der Waals surface area contributed by atoms with Gasteiger partial charge in [0.25, 0.3) is 0 Å². The van der Waals surface area contributed by atoms with Gasteiger partial charge in [-0.15, -0.1) is 0 Å². The molecule has 1 fully saturated rings. The second-order valence-corrected chi connectivity index (χ2v) is 5.08. The Morgan fingerprint density at radius 3 is 2.72 bits per heavy atom. The van der Waals surface area contributed by atoms with E-state index in [1.165, 1.54) is 32.1 Å². The largest absolute Gasteiger partial charge is 0.489 e. The molecule has 0 radical (unpaired) electrons. The Kier molecular flexibility index (Phi) is 5.00. The topological polar surface area (TPSA) is 34.1 Å². The molecule has 0 spiro atoms. The van der Waals surface area contributed by atoms with Gasteiger partial charge >= 0.3 is 0 Å². The lowest BCUT2D eigenvalue weighted by Gasteiger charge is -2.23. The number of pyridine rings is 1. The molecular formula is C15H24N2O. The van der Waals surface area contributed by atoms with E-state index >= 15 is 0 Å². The first kappa shape index (κ1) is 13.3. The van der Waals surface area contributed by atoms with E-state index in [-0.39, 0.29) is 0 Å². The van der Waals surface area contributed by atoms with Gasteiger partial charge in [-0.3, -0.25) is 4.98 Å². The lowest BCUT2D eigenvalue weighted by molar-refractivity contribution is 0.154. The Bertz CT molecular complexity index is 344. The maximum absolute atomic E-state index is 5.97. The molecule has 1 aliphatic carbocycles. The SMILES string of the molecule is CCNC(C)c1ccc(OC2CCCCC2)cn1. The van der Waals surface area contributed by atoms with Gasteiger partial charge in [-0.1, -0.05) is 13.3 Å². The first-order valence-electron chi connectivity index (χ1n) is 7.15. The molecule has 1 aliphatic rings. The summed E-state index contributed by atoms with van der Waals surface area (Å²) in [6.45, 7) is 5.20. The number of nitrogens with one attached hydrogen (secondary N) is 1. The van der Waals surface area contributed by atoms with Crippen LogP contribution in [-0.2, 0) is 0 Å². The zero-order chi connectivity index (χ0) is 12.8. The number of hydrogen-bond acceptors (Lipinski definition) is 3. The lowest BCUT2D eigenvalue weighted by Crippen LogP contribution is -2.20. The lowest BCUT2D eigenvalue weighted by atomic mass is 9.98. The van der Waals surface area contributed by atoms with Crippen molar-refractivity contribution in [3.63, 3.8) is 0 Å². The second-order valence-electron chi connectivity index (χ2n) is 5.08. The Labute approximate surface area is 110 Å². The average molecular weight is 248 g/mol. The summed E-state index contributed by atoms with van der Waals surface area (Å²) in [6, 6.07) is 4.41. The Hall–Kier alpha value is -1.09. The molecule has 0 aliphatic heterocycles. The smallest absolute Gasteiger partial charge is 0.138 e. The van der Waals surface area contributed by atoms with Crippen molar-refractivity contribution >= 4 is 0 Å². The van der Waals surface area contributed by atoms with Crippen molar-refractivity contribution in [2.24, 2.45) is 0 Å². The highest BCUT2D eigenvalue weighted by molar-refractivity contribution is 5.21. The fourth-order valence-corrected chi connectivity index (χ4v) is 2.50. The standard InChI is InChI=1S/C15H24N2O/c1-3-16-12(2)15-10-9-14(11-17-15)18-13-7-5-4-6-8-13/h9-13,16H,3-8H2,1-2H3. The van der Waals surface area contributed by atoms with Gasteiger partial charge in [-0.2, -0.15) is 0 Å². The van der Waals surface area contributed by atoms with Gasteiger partial charge in [0.15, 0.2) is 0 Å². The monoisotopic (exact) mass is 248 g/mol. The van der Waals surface area contributed by atoms with Crippen LogP contribution < -0.4 is 10.1 Å². The van der Waals surface area contributed by atoms with E-state index in [0.717, 1.165) is 18.0 Å². The van der Waals surface area contributed by atoms with Crippen LogP contribution in [0.1, 0.15) is 57.7 Å². The summed E-state index contributed by atoms with van der Waals surface area (Å²) in [6.07, 6.45) is 8.60. The van der Waals surface area contributed by atoms with Crippen LogP contribution in [0.15, 0.2) is 18.3 Å². The van der Waals surface area contributed by atoms with E-state index in [2.05, 4.69) is 30.2 Å². The summed E-state index contributed by atoms with van der Waals surface area (Å²) in [5, 5.41) is 3.36. The number of aromatic nitrogens is 1. The Morgan fingerprint density at radius 1 is 1.33 bits per heavy atom. The predicted octanol–water partition coefficient (Wildman–Crippen LogP) is 3.46. The van der Waals surface area contributed by atoms with E-state index in [1.54, 1.807) is 0 Å². The van der Waals surface area contributed by atoms with Gasteiger partial charge in [0.2, 0.25) is 0 Å². The van der Waals surface area contributed by atoms with Crippen LogP contribution >= 0.6 is 0 Å². The summed E-state index contributed by atoms with van der Waals surface area (Å²) in [5.41, 5.74) is 1.08. The summed E-state index contributed by atoms with van der Waals surface area (Å²) >= 11 is 0. The number of hydrogen-bond donors (Lipinski definition) is 1. The fourth-order valence-electron chi connectivity index (χ4n) is 2.50. The van der Waals surface area contributed by atoms with Crippen LogP contribution in [0.2, 0.25) is 0 Å². The van der Waals surface area contributed by atoms with Gasteiger partial charge in [0.05, 0.1) is 18.0 Å². The summed E-state index contributed by atoms with van der Waals surface area (Å²) in [4.78, 5) is 4.48. The molecular weight excluding hydrogens is 224 g/mol. The van der Waals surface area contributed by atoms with Crippen LogP contribution in [0.3, 0.4) is 0 Å². The van der Waals surface area contributed by atoms with Crippen LogP contribution in [-0.4, -0.2) is 17.6 Å². The first-order valence-corrected chi connectivity index (χ1v) is 7.15. The highest BCUT2D eigenvalue weighted by Gasteiger charge is 2.15. The number of rotatable bonds is 5.